The maximum atomic E-state index is 11.7. The second-order valence-electron chi connectivity index (χ2n) is 5.02. The van der Waals surface area contributed by atoms with E-state index in [0.717, 1.165) is 26.2 Å². The zero-order valence-electron chi connectivity index (χ0n) is 9.72. The van der Waals surface area contributed by atoms with Gasteiger partial charge in [0, 0.05) is 19.5 Å². The predicted octanol–water partition coefficient (Wildman–Crippen LogP) is 1.39. The molecule has 0 bridgehead atoms. The first-order chi connectivity index (χ1) is 7.26. The lowest BCUT2D eigenvalue weighted by atomic mass is 9.73. The zero-order valence-corrected chi connectivity index (χ0v) is 9.72. The molecule has 1 amide bonds. The van der Waals surface area contributed by atoms with Gasteiger partial charge in [-0.1, -0.05) is 6.92 Å². The van der Waals surface area contributed by atoms with Crippen molar-refractivity contribution in [1.29, 1.82) is 0 Å². The Kier molecular flexibility index (Phi) is 3.29. The first kappa shape index (κ1) is 10.9. The van der Waals surface area contributed by atoms with Crippen LogP contribution in [-0.4, -0.2) is 37.0 Å². The predicted molar refractivity (Wildman–Crippen MR) is 60.6 cm³/mol. The van der Waals surface area contributed by atoms with Crippen LogP contribution in [0.3, 0.4) is 0 Å². The van der Waals surface area contributed by atoms with Crippen molar-refractivity contribution in [3.05, 3.63) is 0 Å². The Morgan fingerprint density at radius 3 is 2.73 bits per heavy atom. The summed E-state index contributed by atoms with van der Waals surface area (Å²) in [6.45, 7) is 6.23. The maximum absolute atomic E-state index is 11.7. The summed E-state index contributed by atoms with van der Waals surface area (Å²) in [4.78, 5) is 13.8. The molecule has 1 N–H and O–H groups in total. The Balaban J connectivity index is 1.99. The molecule has 1 spiro atoms. The van der Waals surface area contributed by atoms with E-state index in [1.807, 2.05) is 6.92 Å². The van der Waals surface area contributed by atoms with Crippen molar-refractivity contribution in [2.24, 2.45) is 5.41 Å². The van der Waals surface area contributed by atoms with Gasteiger partial charge in [0.05, 0.1) is 0 Å². The molecule has 86 valence electrons. The minimum absolute atomic E-state index is 0.340. The molecule has 2 saturated heterocycles. The van der Waals surface area contributed by atoms with Gasteiger partial charge in [0.1, 0.15) is 0 Å². The fourth-order valence-corrected chi connectivity index (χ4v) is 3.01. The Morgan fingerprint density at radius 1 is 1.33 bits per heavy atom. The largest absolute Gasteiger partial charge is 0.342 e. The minimum atomic E-state index is 0.340. The van der Waals surface area contributed by atoms with E-state index >= 15 is 0 Å². The Hall–Kier alpha value is -0.570. The van der Waals surface area contributed by atoms with Crippen LogP contribution in [0.5, 0.6) is 0 Å². The Labute approximate surface area is 92.2 Å². The molecule has 2 aliphatic rings. The van der Waals surface area contributed by atoms with Gasteiger partial charge in [0.25, 0.3) is 0 Å². The van der Waals surface area contributed by atoms with E-state index in [2.05, 4.69) is 10.2 Å². The van der Waals surface area contributed by atoms with Crippen molar-refractivity contribution in [3.63, 3.8) is 0 Å². The van der Waals surface area contributed by atoms with Gasteiger partial charge in [-0.2, -0.15) is 0 Å². The molecule has 0 aliphatic carbocycles. The number of hydrogen-bond donors (Lipinski definition) is 1. The van der Waals surface area contributed by atoms with E-state index in [1.165, 1.54) is 25.7 Å². The van der Waals surface area contributed by atoms with Gasteiger partial charge in [-0.15, -0.1) is 0 Å². The van der Waals surface area contributed by atoms with Gasteiger partial charge in [-0.25, -0.2) is 0 Å². The zero-order chi connectivity index (χ0) is 10.7. The van der Waals surface area contributed by atoms with E-state index in [1.54, 1.807) is 0 Å². The van der Waals surface area contributed by atoms with Crippen molar-refractivity contribution >= 4 is 5.91 Å². The monoisotopic (exact) mass is 210 g/mol. The number of carbonyl (C=O) groups is 1. The smallest absolute Gasteiger partial charge is 0.222 e. The number of carbonyl (C=O) groups excluding carboxylic acids is 1. The molecule has 0 aromatic carbocycles. The summed E-state index contributed by atoms with van der Waals surface area (Å²) in [6, 6.07) is 0. The highest BCUT2D eigenvalue weighted by Crippen LogP contribution is 2.38. The first-order valence-corrected chi connectivity index (χ1v) is 6.24. The molecule has 0 aromatic heterocycles. The van der Waals surface area contributed by atoms with Crippen molar-refractivity contribution < 1.29 is 4.79 Å². The van der Waals surface area contributed by atoms with Crippen molar-refractivity contribution in [1.82, 2.24) is 10.2 Å². The van der Waals surface area contributed by atoms with Crippen LogP contribution in [0.25, 0.3) is 0 Å². The summed E-state index contributed by atoms with van der Waals surface area (Å²) in [6.07, 6.45) is 5.68. The summed E-state index contributed by atoms with van der Waals surface area (Å²) < 4.78 is 0. The average Bonchev–Trinajstić information content (AvgIpc) is 2.29. The van der Waals surface area contributed by atoms with Gasteiger partial charge < -0.3 is 10.2 Å². The first-order valence-electron chi connectivity index (χ1n) is 6.24. The second-order valence-corrected chi connectivity index (χ2v) is 5.02. The van der Waals surface area contributed by atoms with E-state index in [-0.39, 0.29) is 0 Å². The number of hydrogen-bond acceptors (Lipinski definition) is 2. The highest BCUT2D eigenvalue weighted by atomic mass is 16.2. The molecule has 3 heteroatoms. The van der Waals surface area contributed by atoms with E-state index in [9.17, 15) is 4.79 Å². The van der Waals surface area contributed by atoms with Crippen LogP contribution >= 0.6 is 0 Å². The van der Waals surface area contributed by atoms with Gasteiger partial charge in [-0.3, -0.25) is 4.79 Å². The third kappa shape index (κ3) is 2.33. The SMILES string of the molecule is CCC(=O)N1CCCC2(CCNCC2)C1. The number of nitrogens with one attached hydrogen (secondary N) is 1. The minimum Gasteiger partial charge on any atom is -0.342 e. The molecule has 0 saturated carbocycles. The molecular formula is C12H22N2O. The van der Waals surface area contributed by atoms with Crippen LogP contribution in [0.4, 0.5) is 0 Å². The Bertz CT molecular complexity index is 228. The topological polar surface area (TPSA) is 32.3 Å². The van der Waals surface area contributed by atoms with Crippen LogP contribution in [0.2, 0.25) is 0 Å². The lowest BCUT2D eigenvalue weighted by Crippen LogP contribution is -2.50. The highest BCUT2D eigenvalue weighted by Gasteiger charge is 2.37. The number of rotatable bonds is 1. The normalized spacial score (nSPS) is 25.5. The van der Waals surface area contributed by atoms with Crippen LogP contribution < -0.4 is 5.32 Å². The summed E-state index contributed by atoms with van der Waals surface area (Å²) in [5.41, 5.74) is 0.453. The molecule has 15 heavy (non-hydrogen) atoms. The average molecular weight is 210 g/mol. The fourth-order valence-electron chi connectivity index (χ4n) is 3.01. The molecule has 2 fully saturated rings. The summed E-state index contributed by atoms with van der Waals surface area (Å²) in [5.74, 6) is 0.340. The third-order valence-electron chi connectivity index (χ3n) is 3.98. The van der Waals surface area contributed by atoms with Crippen LogP contribution in [0.1, 0.15) is 39.0 Å². The fraction of sp³-hybridized carbons (Fsp3) is 0.917. The standard InChI is InChI=1S/C12H22N2O/c1-2-11(15)14-9-3-4-12(10-14)5-7-13-8-6-12/h13H,2-10H2,1H3. The maximum Gasteiger partial charge on any atom is 0.222 e. The molecule has 0 radical (unpaired) electrons. The van der Waals surface area contributed by atoms with Gasteiger partial charge in [0.2, 0.25) is 5.91 Å². The van der Waals surface area contributed by atoms with Crippen LogP contribution in [-0.2, 0) is 4.79 Å². The summed E-state index contributed by atoms with van der Waals surface area (Å²) in [7, 11) is 0. The number of amides is 1. The molecule has 2 aliphatic heterocycles. The van der Waals surface area contributed by atoms with Crippen molar-refractivity contribution in [2.45, 2.75) is 39.0 Å². The van der Waals surface area contributed by atoms with Gasteiger partial charge in [-0.05, 0) is 44.2 Å². The number of piperidine rings is 2. The second kappa shape index (κ2) is 4.52. The quantitative estimate of drug-likeness (QED) is 0.709. The van der Waals surface area contributed by atoms with Crippen molar-refractivity contribution in [3.8, 4) is 0 Å². The molecule has 0 atom stereocenters. The van der Waals surface area contributed by atoms with Gasteiger partial charge in [0.15, 0.2) is 0 Å². The van der Waals surface area contributed by atoms with Crippen LogP contribution in [0.15, 0.2) is 0 Å². The highest BCUT2D eigenvalue weighted by molar-refractivity contribution is 5.75. The van der Waals surface area contributed by atoms with E-state index in [0.29, 0.717) is 17.7 Å². The van der Waals surface area contributed by atoms with E-state index in [4.69, 9.17) is 0 Å². The molecule has 0 aromatic rings. The molecular weight excluding hydrogens is 188 g/mol. The third-order valence-corrected chi connectivity index (χ3v) is 3.98. The molecule has 2 heterocycles. The van der Waals surface area contributed by atoms with Gasteiger partial charge >= 0.3 is 0 Å². The lowest BCUT2D eigenvalue weighted by Gasteiger charge is -2.45. The van der Waals surface area contributed by atoms with E-state index < -0.39 is 0 Å². The molecule has 0 unspecified atom stereocenters. The Morgan fingerprint density at radius 2 is 2.07 bits per heavy atom. The lowest BCUT2D eigenvalue weighted by molar-refractivity contribution is -0.134. The van der Waals surface area contributed by atoms with Crippen LogP contribution in [0, 0.1) is 5.41 Å². The summed E-state index contributed by atoms with van der Waals surface area (Å²) in [5, 5.41) is 3.41. The molecule has 3 nitrogen and oxygen atoms in total. The number of nitrogens with zero attached hydrogens (tertiary/aromatic N) is 1. The summed E-state index contributed by atoms with van der Waals surface area (Å²) >= 11 is 0. The number of likely N-dealkylation sites (tertiary alicyclic amines) is 1. The van der Waals surface area contributed by atoms with Crippen molar-refractivity contribution in [2.75, 3.05) is 26.2 Å². The molecule has 2 rings (SSSR count).